The van der Waals surface area contributed by atoms with Gasteiger partial charge in [0.05, 0.1) is 24.5 Å². The molecule has 1 saturated carbocycles. The standard InChI is InChI=1S/C21H26F3N3O4/c22-17-11-15(27-13-16(31-21(27)29)4-6-19(28)20(23)24)3-5-18(17)25-7-8-26(30-10-9-25)12-14-1-2-14/h3,5,11,14,16,20H,1-2,4,6-10,12-13H2/t16-/m0/s1. The molecular formula is C21H26F3N3O4. The van der Waals surface area contributed by atoms with E-state index in [0.717, 1.165) is 6.54 Å². The van der Waals surface area contributed by atoms with Crippen molar-refractivity contribution >= 4 is 23.3 Å². The Morgan fingerprint density at radius 1 is 1.19 bits per heavy atom. The lowest BCUT2D eigenvalue weighted by atomic mass is 10.1. The fourth-order valence-corrected chi connectivity index (χ4v) is 3.88. The van der Waals surface area contributed by atoms with Crippen LogP contribution in [0.1, 0.15) is 25.7 Å². The van der Waals surface area contributed by atoms with E-state index in [1.54, 1.807) is 12.1 Å². The maximum Gasteiger partial charge on any atom is 0.414 e. The van der Waals surface area contributed by atoms with Gasteiger partial charge in [-0.1, -0.05) is 0 Å². The Hall–Kier alpha value is -2.33. The summed E-state index contributed by atoms with van der Waals surface area (Å²) in [7, 11) is 0. The number of carbonyl (C=O) groups excluding carboxylic acids is 2. The summed E-state index contributed by atoms with van der Waals surface area (Å²) in [6.07, 6.45) is -2.27. The number of halogens is 3. The predicted octanol–water partition coefficient (Wildman–Crippen LogP) is 3.23. The maximum absolute atomic E-state index is 14.9. The Labute approximate surface area is 178 Å². The van der Waals surface area contributed by atoms with Crippen LogP contribution in [0.25, 0.3) is 0 Å². The van der Waals surface area contributed by atoms with E-state index in [1.807, 2.05) is 9.96 Å². The third-order valence-electron chi connectivity index (χ3n) is 5.83. The number of ether oxygens (including phenoxy) is 1. The van der Waals surface area contributed by atoms with Gasteiger partial charge >= 0.3 is 6.09 Å². The molecule has 4 rings (SSSR count). The third kappa shape index (κ3) is 5.48. The fraction of sp³-hybridized carbons (Fsp3) is 0.619. The van der Waals surface area contributed by atoms with E-state index in [1.165, 1.54) is 23.8 Å². The average molecular weight is 441 g/mol. The number of hydrogen-bond acceptors (Lipinski definition) is 6. The number of benzene rings is 1. The van der Waals surface area contributed by atoms with Crippen molar-refractivity contribution in [2.75, 3.05) is 49.1 Å². The summed E-state index contributed by atoms with van der Waals surface area (Å²) in [5.74, 6) is -0.931. The molecule has 2 aliphatic heterocycles. The first kappa shape index (κ1) is 21.9. The summed E-state index contributed by atoms with van der Waals surface area (Å²) in [5.41, 5.74) is 0.766. The van der Waals surface area contributed by atoms with Crippen molar-refractivity contribution in [2.45, 2.75) is 38.2 Å². The van der Waals surface area contributed by atoms with Crippen molar-refractivity contribution in [1.82, 2.24) is 5.06 Å². The summed E-state index contributed by atoms with van der Waals surface area (Å²) in [4.78, 5) is 32.2. The van der Waals surface area contributed by atoms with Crippen LogP contribution in [-0.2, 0) is 14.4 Å². The Balaban J connectivity index is 1.35. The van der Waals surface area contributed by atoms with Gasteiger partial charge in [-0.2, -0.15) is 5.06 Å². The van der Waals surface area contributed by atoms with Crippen LogP contribution in [0.2, 0.25) is 0 Å². The van der Waals surface area contributed by atoms with Gasteiger partial charge < -0.3 is 9.64 Å². The average Bonchev–Trinajstić information content (AvgIpc) is 3.51. The van der Waals surface area contributed by atoms with Gasteiger partial charge in [-0.15, -0.1) is 0 Å². The van der Waals surface area contributed by atoms with Gasteiger partial charge in [-0.3, -0.25) is 14.5 Å². The SMILES string of the molecule is O=C(CC[C@H]1CN(c2ccc(N3CCON(CC4CC4)CC3)c(F)c2)C(=O)O1)C(F)F. The first-order chi connectivity index (χ1) is 14.9. The maximum atomic E-state index is 14.9. The summed E-state index contributed by atoms with van der Waals surface area (Å²) < 4.78 is 44.7. The summed E-state index contributed by atoms with van der Waals surface area (Å²) in [5, 5.41) is 1.96. The number of anilines is 2. The van der Waals surface area contributed by atoms with Crippen LogP contribution in [-0.4, -0.2) is 68.8 Å². The van der Waals surface area contributed by atoms with Crippen molar-refractivity contribution in [1.29, 1.82) is 0 Å². The number of amides is 1. The molecule has 0 N–H and O–H groups in total. The van der Waals surface area contributed by atoms with Crippen molar-refractivity contribution in [3.8, 4) is 0 Å². The second-order valence-electron chi connectivity index (χ2n) is 8.21. The third-order valence-corrected chi connectivity index (χ3v) is 5.83. The van der Waals surface area contributed by atoms with Crippen LogP contribution >= 0.6 is 0 Å². The Bertz CT molecular complexity index is 821. The van der Waals surface area contributed by atoms with Crippen LogP contribution in [0.5, 0.6) is 0 Å². The highest BCUT2D eigenvalue weighted by molar-refractivity contribution is 5.90. The van der Waals surface area contributed by atoms with E-state index < -0.39 is 30.2 Å². The molecule has 0 radical (unpaired) electrons. The van der Waals surface area contributed by atoms with Crippen LogP contribution in [0, 0.1) is 11.7 Å². The minimum absolute atomic E-state index is 0.0110. The molecule has 3 aliphatic rings. The zero-order valence-corrected chi connectivity index (χ0v) is 17.1. The Morgan fingerprint density at radius 3 is 2.71 bits per heavy atom. The second-order valence-corrected chi connectivity index (χ2v) is 8.21. The van der Waals surface area contributed by atoms with Crippen LogP contribution in [0.15, 0.2) is 18.2 Å². The minimum atomic E-state index is -3.03. The number of nitrogens with zero attached hydrogens (tertiary/aromatic N) is 3. The number of hydrogen-bond donors (Lipinski definition) is 0. The van der Waals surface area contributed by atoms with E-state index in [2.05, 4.69) is 0 Å². The first-order valence-electron chi connectivity index (χ1n) is 10.6. The molecule has 2 heterocycles. The van der Waals surface area contributed by atoms with Crippen molar-refractivity contribution in [2.24, 2.45) is 5.92 Å². The van der Waals surface area contributed by atoms with E-state index in [0.29, 0.717) is 43.5 Å². The van der Waals surface area contributed by atoms with E-state index in [-0.39, 0.29) is 19.4 Å². The molecule has 3 fully saturated rings. The van der Waals surface area contributed by atoms with Crippen LogP contribution < -0.4 is 9.80 Å². The highest BCUT2D eigenvalue weighted by Gasteiger charge is 2.34. The van der Waals surface area contributed by atoms with E-state index in [4.69, 9.17) is 9.57 Å². The monoisotopic (exact) mass is 441 g/mol. The summed E-state index contributed by atoms with van der Waals surface area (Å²) in [6.45, 7) is 3.36. The Morgan fingerprint density at radius 2 is 2.00 bits per heavy atom. The number of Topliss-reactive ketones (excluding diaryl/α,β-unsaturated/α-hetero) is 1. The molecule has 0 aromatic heterocycles. The molecule has 7 nitrogen and oxygen atoms in total. The number of alkyl halides is 2. The van der Waals surface area contributed by atoms with Crippen molar-refractivity contribution < 1.29 is 32.3 Å². The number of hydroxylamine groups is 2. The normalized spacial score (nSPS) is 22.7. The minimum Gasteiger partial charge on any atom is -0.444 e. The van der Waals surface area contributed by atoms with Gasteiger partial charge in [0, 0.05) is 32.6 Å². The first-order valence-corrected chi connectivity index (χ1v) is 10.6. The molecule has 1 atom stereocenters. The number of rotatable bonds is 8. The predicted molar refractivity (Wildman–Crippen MR) is 107 cm³/mol. The lowest BCUT2D eigenvalue weighted by molar-refractivity contribution is -0.150. The van der Waals surface area contributed by atoms with E-state index >= 15 is 0 Å². The molecule has 2 saturated heterocycles. The molecule has 10 heteroatoms. The lowest BCUT2D eigenvalue weighted by Crippen LogP contribution is -2.32. The van der Waals surface area contributed by atoms with Crippen molar-refractivity contribution in [3.63, 3.8) is 0 Å². The molecule has 0 bridgehead atoms. The highest BCUT2D eigenvalue weighted by Crippen LogP contribution is 2.31. The molecule has 1 aromatic rings. The molecule has 0 unspecified atom stereocenters. The van der Waals surface area contributed by atoms with Crippen molar-refractivity contribution in [3.05, 3.63) is 24.0 Å². The highest BCUT2D eigenvalue weighted by atomic mass is 19.3. The van der Waals surface area contributed by atoms with Gasteiger partial charge in [0.2, 0.25) is 0 Å². The second kappa shape index (κ2) is 9.44. The van der Waals surface area contributed by atoms with Gasteiger partial charge in [0.1, 0.15) is 11.9 Å². The number of carbonyl (C=O) groups is 2. The van der Waals surface area contributed by atoms with Gasteiger partial charge in [-0.05, 0) is 43.4 Å². The topological polar surface area (TPSA) is 62.3 Å². The molecule has 170 valence electrons. The molecule has 1 aromatic carbocycles. The lowest BCUT2D eigenvalue weighted by Gasteiger charge is -2.24. The molecule has 31 heavy (non-hydrogen) atoms. The quantitative estimate of drug-likeness (QED) is 0.617. The number of cyclic esters (lactones) is 1. The smallest absolute Gasteiger partial charge is 0.414 e. The molecule has 0 spiro atoms. The van der Waals surface area contributed by atoms with Gasteiger partial charge in [-0.25, -0.2) is 18.0 Å². The van der Waals surface area contributed by atoms with Gasteiger partial charge in [0.15, 0.2) is 5.78 Å². The largest absolute Gasteiger partial charge is 0.444 e. The van der Waals surface area contributed by atoms with Crippen LogP contribution in [0.4, 0.5) is 29.3 Å². The molecule has 1 amide bonds. The molecular weight excluding hydrogens is 415 g/mol. The zero-order valence-electron chi connectivity index (χ0n) is 17.1. The van der Waals surface area contributed by atoms with Crippen LogP contribution in [0.3, 0.4) is 0 Å². The zero-order chi connectivity index (χ0) is 22.0. The Kier molecular flexibility index (Phi) is 6.66. The van der Waals surface area contributed by atoms with Gasteiger partial charge in [0.25, 0.3) is 6.43 Å². The summed E-state index contributed by atoms with van der Waals surface area (Å²) >= 11 is 0. The fourth-order valence-electron chi connectivity index (χ4n) is 3.88. The number of ketones is 1. The van der Waals surface area contributed by atoms with E-state index in [9.17, 15) is 22.8 Å². The molecule has 1 aliphatic carbocycles. The summed E-state index contributed by atoms with van der Waals surface area (Å²) in [6, 6.07) is 4.54.